The quantitative estimate of drug-likeness (QED) is 0.454. The van der Waals surface area contributed by atoms with Gasteiger partial charge < -0.3 is 15.2 Å². The number of hydrogen-bond donors (Lipinski definition) is 2. The molecule has 2 aliphatic rings. The molecule has 31 heavy (non-hydrogen) atoms. The van der Waals surface area contributed by atoms with Crippen molar-refractivity contribution in [1.82, 2.24) is 35.2 Å². The molecule has 0 aliphatic carbocycles. The van der Waals surface area contributed by atoms with Gasteiger partial charge in [0.05, 0.1) is 10.4 Å². The molecule has 4 aromatic heterocycles. The molecular formula is C21H21ClN8S. The van der Waals surface area contributed by atoms with E-state index < -0.39 is 0 Å². The van der Waals surface area contributed by atoms with E-state index in [1.807, 2.05) is 6.07 Å². The van der Waals surface area contributed by atoms with Crippen molar-refractivity contribution in [2.75, 3.05) is 24.5 Å². The standard InChI is InChI=1S/C21H21ClN8S/c1-2-14-17(22)16-19(27-14)28-21(29-20(16)30-9-11-5-12(10-30)25-7-11)31-13-6-15-18(26-8-13)24-4-3-23-15/h3-4,6,8,11-12,25H,2,5,7,9-10H2,1H3,(H,27,28,29). The van der Waals surface area contributed by atoms with Crippen LogP contribution in [0, 0.1) is 5.92 Å². The molecule has 2 atom stereocenters. The van der Waals surface area contributed by atoms with Gasteiger partial charge >= 0.3 is 0 Å². The number of hydrogen-bond acceptors (Lipinski definition) is 8. The summed E-state index contributed by atoms with van der Waals surface area (Å²) in [5.74, 6) is 1.56. The van der Waals surface area contributed by atoms with Crippen molar-refractivity contribution >= 4 is 51.4 Å². The highest BCUT2D eigenvalue weighted by atomic mass is 35.5. The van der Waals surface area contributed by atoms with Crippen molar-refractivity contribution in [3.05, 3.63) is 35.4 Å². The number of aryl methyl sites for hydroxylation is 1. The number of nitrogens with one attached hydrogen (secondary N) is 2. The lowest BCUT2D eigenvalue weighted by molar-refractivity contribution is 0.472. The SMILES string of the molecule is CCc1[nH]c2nc(Sc3cnc4nccnc4c3)nc(N3CC4CNC(C4)C3)c2c1Cl. The summed E-state index contributed by atoms with van der Waals surface area (Å²) in [5, 5.41) is 5.94. The number of pyridine rings is 1. The first-order valence-electron chi connectivity index (χ1n) is 10.5. The molecule has 0 saturated carbocycles. The smallest absolute Gasteiger partial charge is 0.196 e. The number of piperidine rings is 1. The molecule has 6 heterocycles. The lowest BCUT2D eigenvalue weighted by atomic mass is 10.00. The van der Waals surface area contributed by atoms with E-state index in [4.69, 9.17) is 21.6 Å². The zero-order valence-corrected chi connectivity index (χ0v) is 18.5. The van der Waals surface area contributed by atoms with E-state index >= 15 is 0 Å². The molecule has 158 valence electrons. The van der Waals surface area contributed by atoms with E-state index in [1.54, 1.807) is 18.6 Å². The van der Waals surface area contributed by atoms with Crippen molar-refractivity contribution in [1.29, 1.82) is 0 Å². The highest BCUT2D eigenvalue weighted by Gasteiger charge is 2.34. The van der Waals surface area contributed by atoms with Gasteiger partial charge in [-0.2, -0.15) is 0 Å². The normalized spacial score (nSPS) is 20.8. The van der Waals surface area contributed by atoms with E-state index in [1.165, 1.54) is 18.2 Å². The maximum Gasteiger partial charge on any atom is 0.196 e. The molecule has 2 unspecified atom stereocenters. The summed E-state index contributed by atoms with van der Waals surface area (Å²) in [6.45, 7) is 5.08. The summed E-state index contributed by atoms with van der Waals surface area (Å²) < 4.78 is 0. The fourth-order valence-corrected chi connectivity index (χ4v) is 5.71. The van der Waals surface area contributed by atoms with E-state index in [-0.39, 0.29) is 0 Å². The van der Waals surface area contributed by atoms with Gasteiger partial charge in [-0.15, -0.1) is 0 Å². The van der Waals surface area contributed by atoms with Crippen molar-refractivity contribution in [2.45, 2.75) is 35.9 Å². The van der Waals surface area contributed by atoms with Gasteiger partial charge in [-0.05, 0) is 36.6 Å². The van der Waals surface area contributed by atoms with E-state index in [2.05, 4.69) is 37.1 Å². The summed E-state index contributed by atoms with van der Waals surface area (Å²) in [6, 6.07) is 2.48. The average Bonchev–Trinajstić information content (AvgIpc) is 3.30. The third-order valence-corrected chi connectivity index (χ3v) is 7.26. The topological polar surface area (TPSA) is 95.5 Å². The second kappa shape index (κ2) is 7.58. The maximum atomic E-state index is 6.76. The van der Waals surface area contributed by atoms with Gasteiger partial charge in [-0.1, -0.05) is 18.5 Å². The van der Waals surface area contributed by atoms with Crippen LogP contribution in [0.15, 0.2) is 34.7 Å². The predicted octanol–water partition coefficient (Wildman–Crippen LogP) is 3.46. The van der Waals surface area contributed by atoms with Crippen LogP contribution in [-0.2, 0) is 6.42 Å². The molecule has 2 N–H and O–H groups in total. The van der Waals surface area contributed by atoms with Gasteiger partial charge in [0.25, 0.3) is 0 Å². The Morgan fingerprint density at radius 3 is 2.97 bits per heavy atom. The van der Waals surface area contributed by atoms with Crippen molar-refractivity contribution in [3.8, 4) is 0 Å². The Kier molecular flexibility index (Phi) is 4.70. The van der Waals surface area contributed by atoms with Crippen LogP contribution in [0.2, 0.25) is 5.02 Å². The summed E-state index contributed by atoms with van der Waals surface area (Å²) in [5.41, 5.74) is 3.16. The summed E-state index contributed by atoms with van der Waals surface area (Å²) >= 11 is 8.24. The van der Waals surface area contributed by atoms with Crippen molar-refractivity contribution in [2.24, 2.45) is 5.92 Å². The Bertz CT molecular complexity index is 1280. The van der Waals surface area contributed by atoms with Crippen LogP contribution < -0.4 is 10.2 Å². The number of rotatable bonds is 4. The molecule has 2 bridgehead atoms. The summed E-state index contributed by atoms with van der Waals surface area (Å²) in [6.07, 6.45) is 7.16. The minimum absolute atomic E-state index is 0.506. The molecule has 2 fully saturated rings. The predicted molar refractivity (Wildman–Crippen MR) is 122 cm³/mol. The highest BCUT2D eigenvalue weighted by Crippen LogP contribution is 2.38. The zero-order valence-electron chi connectivity index (χ0n) is 17.0. The van der Waals surface area contributed by atoms with Gasteiger partial charge in [0.1, 0.15) is 17.0 Å². The minimum Gasteiger partial charge on any atom is -0.354 e. The molecule has 0 amide bonds. The van der Waals surface area contributed by atoms with Crippen molar-refractivity contribution < 1.29 is 0 Å². The fourth-order valence-electron chi connectivity index (χ4n) is 4.59. The Morgan fingerprint density at radius 1 is 1.19 bits per heavy atom. The summed E-state index contributed by atoms with van der Waals surface area (Å²) in [7, 11) is 0. The van der Waals surface area contributed by atoms with Crippen molar-refractivity contribution in [3.63, 3.8) is 0 Å². The minimum atomic E-state index is 0.506. The maximum absolute atomic E-state index is 6.76. The number of halogens is 1. The Labute approximate surface area is 188 Å². The molecule has 6 rings (SSSR count). The number of fused-ring (bicyclic) bond motifs is 4. The van der Waals surface area contributed by atoms with E-state index in [0.717, 1.165) is 64.0 Å². The zero-order chi connectivity index (χ0) is 20.9. The van der Waals surface area contributed by atoms with Crippen LogP contribution in [-0.4, -0.2) is 55.6 Å². The van der Waals surface area contributed by atoms with Crippen LogP contribution in [0.3, 0.4) is 0 Å². The third kappa shape index (κ3) is 3.40. The Morgan fingerprint density at radius 2 is 2.10 bits per heavy atom. The lowest BCUT2D eigenvalue weighted by Gasteiger charge is -2.32. The molecule has 0 radical (unpaired) electrons. The molecule has 2 aliphatic heterocycles. The second-order valence-corrected chi connectivity index (χ2v) is 9.53. The first kappa shape index (κ1) is 19.2. The molecule has 2 saturated heterocycles. The molecule has 0 aromatic carbocycles. The van der Waals surface area contributed by atoms with Gasteiger partial charge in [0.2, 0.25) is 0 Å². The molecule has 10 heteroatoms. The van der Waals surface area contributed by atoms with Crippen LogP contribution in [0.4, 0.5) is 5.82 Å². The van der Waals surface area contributed by atoms with E-state index in [9.17, 15) is 0 Å². The van der Waals surface area contributed by atoms with Crippen LogP contribution >= 0.6 is 23.4 Å². The fraction of sp³-hybridized carbons (Fsp3) is 0.381. The first-order valence-corrected chi connectivity index (χ1v) is 11.7. The monoisotopic (exact) mass is 452 g/mol. The highest BCUT2D eigenvalue weighted by molar-refractivity contribution is 7.99. The van der Waals surface area contributed by atoms with Gasteiger partial charge in [0.15, 0.2) is 10.8 Å². The van der Waals surface area contributed by atoms with Gasteiger partial charge in [-0.3, -0.25) is 4.98 Å². The average molecular weight is 453 g/mol. The summed E-state index contributed by atoms with van der Waals surface area (Å²) in [4.78, 5) is 29.5. The van der Waals surface area contributed by atoms with Gasteiger partial charge in [-0.25, -0.2) is 19.9 Å². The molecular weight excluding hydrogens is 432 g/mol. The molecule has 0 spiro atoms. The Hall–Kier alpha value is -2.49. The lowest BCUT2D eigenvalue weighted by Crippen LogP contribution is -2.41. The van der Waals surface area contributed by atoms with Gasteiger partial charge in [0, 0.05) is 54.9 Å². The first-order chi connectivity index (χ1) is 15.2. The Balaban J connectivity index is 1.43. The number of aromatic amines is 1. The number of H-pyrrole nitrogens is 1. The van der Waals surface area contributed by atoms with Crippen LogP contribution in [0.5, 0.6) is 0 Å². The van der Waals surface area contributed by atoms with Crippen LogP contribution in [0.1, 0.15) is 19.0 Å². The van der Waals surface area contributed by atoms with E-state index in [0.29, 0.717) is 22.8 Å². The van der Waals surface area contributed by atoms with Crippen LogP contribution in [0.25, 0.3) is 22.2 Å². The molecule has 8 nitrogen and oxygen atoms in total. The number of aromatic nitrogens is 6. The largest absolute Gasteiger partial charge is 0.354 e. The number of nitrogens with zero attached hydrogens (tertiary/aromatic N) is 6. The molecule has 4 aromatic rings. The number of anilines is 1. The second-order valence-electron chi connectivity index (χ2n) is 8.11. The third-order valence-electron chi connectivity index (χ3n) is 6.02.